The number of pyridine rings is 1. The van der Waals surface area contributed by atoms with Crippen molar-refractivity contribution >= 4 is 33.3 Å². The first-order chi connectivity index (χ1) is 9.69. The number of carbonyl (C=O) groups is 1. The van der Waals surface area contributed by atoms with Crippen LogP contribution in [-0.4, -0.2) is 31.9 Å². The first-order valence-electron chi connectivity index (χ1n) is 6.40. The van der Waals surface area contributed by atoms with Crippen molar-refractivity contribution < 1.29 is 13.2 Å². The number of anilines is 1. The van der Waals surface area contributed by atoms with E-state index in [0.29, 0.717) is 12.4 Å². The summed E-state index contributed by atoms with van der Waals surface area (Å²) in [5.41, 5.74) is 5.20. The number of hydrogen-bond acceptors (Lipinski definition) is 5. The Bertz CT molecular complexity index is 619. The highest BCUT2D eigenvalue weighted by atomic mass is 35.5. The van der Waals surface area contributed by atoms with E-state index >= 15 is 0 Å². The number of halogens is 1. The lowest BCUT2D eigenvalue weighted by Crippen LogP contribution is -2.47. The monoisotopic (exact) mass is 334 g/mol. The summed E-state index contributed by atoms with van der Waals surface area (Å²) in [6.45, 7) is 5.85. The molecule has 1 aromatic heterocycles. The van der Waals surface area contributed by atoms with Gasteiger partial charge in [-0.3, -0.25) is 4.79 Å². The van der Waals surface area contributed by atoms with Crippen LogP contribution in [0.25, 0.3) is 0 Å². The number of amides is 1. The van der Waals surface area contributed by atoms with Gasteiger partial charge in [0.1, 0.15) is 16.8 Å². The summed E-state index contributed by atoms with van der Waals surface area (Å²) in [5, 5.41) is 3.08. The predicted octanol–water partition coefficient (Wildman–Crippen LogP) is 0.955. The van der Waals surface area contributed by atoms with E-state index in [1.165, 1.54) is 12.3 Å². The Morgan fingerprint density at radius 1 is 1.48 bits per heavy atom. The second-order valence-electron chi connectivity index (χ2n) is 4.78. The topological polar surface area (TPSA) is 114 Å². The molecule has 0 radical (unpaired) electrons. The van der Waals surface area contributed by atoms with Gasteiger partial charge in [0.05, 0.1) is 5.02 Å². The number of hydrogen-bond donors (Lipinski definition) is 3. The molecular weight excluding hydrogens is 316 g/mol. The number of nitrogens with one attached hydrogen (secondary N) is 2. The van der Waals surface area contributed by atoms with E-state index in [2.05, 4.69) is 15.0 Å². The summed E-state index contributed by atoms with van der Waals surface area (Å²) in [5.74, 6) is -0.618. The molecule has 0 aromatic carbocycles. The third kappa shape index (κ3) is 4.55. The van der Waals surface area contributed by atoms with Gasteiger partial charge >= 0.3 is 0 Å². The zero-order valence-electron chi connectivity index (χ0n) is 12.1. The van der Waals surface area contributed by atoms with Gasteiger partial charge in [-0.05, 0) is 18.9 Å². The van der Waals surface area contributed by atoms with Gasteiger partial charge in [-0.25, -0.2) is 13.4 Å². The van der Waals surface area contributed by atoms with Crippen molar-refractivity contribution in [3.8, 4) is 0 Å². The molecule has 118 valence electrons. The van der Waals surface area contributed by atoms with Crippen LogP contribution in [0.15, 0.2) is 17.2 Å². The summed E-state index contributed by atoms with van der Waals surface area (Å²) >= 11 is 5.97. The van der Waals surface area contributed by atoms with Gasteiger partial charge < -0.3 is 11.1 Å². The van der Waals surface area contributed by atoms with Crippen LogP contribution in [0.3, 0.4) is 0 Å². The number of sulfonamides is 1. The van der Waals surface area contributed by atoms with Crippen molar-refractivity contribution in [3.05, 3.63) is 17.3 Å². The summed E-state index contributed by atoms with van der Waals surface area (Å²) in [7, 11) is -3.93. The fourth-order valence-electron chi connectivity index (χ4n) is 1.62. The highest BCUT2D eigenvalue weighted by molar-refractivity contribution is 7.89. The number of primary amides is 1. The van der Waals surface area contributed by atoms with Crippen LogP contribution in [0.4, 0.5) is 5.82 Å². The Labute approximate surface area is 129 Å². The summed E-state index contributed by atoms with van der Waals surface area (Å²) < 4.78 is 26.7. The van der Waals surface area contributed by atoms with Crippen molar-refractivity contribution in [2.75, 3.05) is 11.9 Å². The maximum Gasteiger partial charge on any atom is 0.242 e. The molecule has 1 rings (SSSR count). The van der Waals surface area contributed by atoms with Crippen LogP contribution >= 0.6 is 11.6 Å². The van der Waals surface area contributed by atoms with E-state index in [0.717, 1.165) is 0 Å². The zero-order chi connectivity index (χ0) is 16.2. The van der Waals surface area contributed by atoms with Crippen LogP contribution < -0.4 is 15.8 Å². The fourth-order valence-corrected chi connectivity index (χ4v) is 3.24. The molecule has 0 spiro atoms. The smallest absolute Gasteiger partial charge is 0.242 e. The molecule has 21 heavy (non-hydrogen) atoms. The van der Waals surface area contributed by atoms with E-state index in [4.69, 9.17) is 17.3 Å². The van der Waals surface area contributed by atoms with Gasteiger partial charge in [0.25, 0.3) is 0 Å². The van der Waals surface area contributed by atoms with Gasteiger partial charge in [-0.1, -0.05) is 25.4 Å². The van der Waals surface area contributed by atoms with Crippen molar-refractivity contribution in [1.82, 2.24) is 9.71 Å². The summed E-state index contributed by atoms with van der Waals surface area (Å²) in [6, 6.07) is 0.273. The Balaban J connectivity index is 3.08. The number of nitrogens with two attached hydrogens (primary N) is 1. The third-order valence-electron chi connectivity index (χ3n) is 2.73. The molecule has 0 aliphatic heterocycles. The average Bonchev–Trinajstić information content (AvgIpc) is 2.38. The highest BCUT2D eigenvalue weighted by Crippen LogP contribution is 2.22. The molecule has 7 nitrogen and oxygen atoms in total. The molecule has 1 amide bonds. The molecule has 0 saturated heterocycles. The molecule has 4 N–H and O–H groups in total. The van der Waals surface area contributed by atoms with Gasteiger partial charge in [0, 0.05) is 12.7 Å². The lowest BCUT2D eigenvalue weighted by Gasteiger charge is -2.19. The molecule has 9 heteroatoms. The molecule has 0 bridgehead atoms. The molecule has 1 aromatic rings. The average molecular weight is 335 g/mol. The van der Waals surface area contributed by atoms with Gasteiger partial charge in [-0.2, -0.15) is 4.72 Å². The highest BCUT2D eigenvalue weighted by Gasteiger charge is 2.27. The number of carbonyl (C=O) groups excluding carboxylic acids is 1. The lowest BCUT2D eigenvalue weighted by atomic mass is 10.1. The predicted molar refractivity (Wildman–Crippen MR) is 81.6 cm³/mol. The van der Waals surface area contributed by atoms with Crippen LogP contribution in [0.2, 0.25) is 5.02 Å². The largest absolute Gasteiger partial charge is 0.369 e. The van der Waals surface area contributed by atoms with Crippen LogP contribution in [0, 0.1) is 5.92 Å². The molecule has 0 saturated carbocycles. The lowest BCUT2D eigenvalue weighted by molar-refractivity contribution is -0.120. The fraction of sp³-hybridized carbons (Fsp3) is 0.500. The Morgan fingerprint density at radius 3 is 2.52 bits per heavy atom. The molecule has 1 atom stereocenters. The molecular formula is C12H19ClN4O3S. The standard InChI is InChI=1S/C12H19ClN4O3S/c1-4-15-12-9(13)5-8(6-16-12)21(19,20)17-10(7(2)3)11(14)18/h5-7,10,17H,4H2,1-3H3,(H2,14,18)(H,15,16). The van der Waals surface area contributed by atoms with Crippen molar-refractivity contribution in [3.63, 3.8) is 0 Å². The second-order valence-corrected chi connectivity index (χ2v) is 6.90. The van der Waals surface area contributed by atoms with Gasteiger partial charge in [0.15, 0.2) is 0 Å². The number of nitrogens with zero attached hydrogens (tertiary/aromatic N) is 1. The molecule has 0 fully saturated rings. The van der Waals surface area contributed by atoms with Crippen molar-refractivity contribution in [2.24, 2.45) is 11.7 Å². The first-order valence-corrected chi connectivity index (χ1v) is 8.26. The minimum absolute atomic E-state index is 0.124. The number of rotatable bonds is 7. The van der Waals surface area contributed by atoms with Crippen LogP contribution in [0.5, 0.6) is 0 Å². The molecule has 1 heterocycles. The summed E-state index contributed by atoms with van der Waals surface area (Å²) in [6.07, 6.45) is 1.17. The molecule has 0 aliphatic carbocycles. The summed E-state index contributed by atoms with van der Waals surface area (Å²) in [4.78, 5) is 15.1. The SMILES string of the molecule is CCNc1ncc(S(=O)(=O)NC(C(N)=O)C(C)C)cc1Cl. The van der Waals surface area contributed by atoms with Gasteiger partial charge in [0.2, 0.25) is 15.9 Å². The Morgan fingerprint density at radius 2 is 2.10 bits per heavy atom. The van der Waals surface area contributed by atoms with Crippen molar-refractivity contribution in [2.45, 2.75) is 31.7 Å². The second kappa shape index (κ2) is 7.06. The van der Waals surface area contributed by atoms with Crippen LogP contribution in [-0.2, 0) is 14.8 Å². The van der Waals surface area contributed by atoms with E-state index in [9.17, 15) is 13.2 Å². The Hall–Kier alpha value is -1.38. The maximum atomic E-state index is 12.2. The number of aromatic nitrogens is 1. The minimum Gasteiger partial charge on any atom is -0.369 e. The van der Waals surface area contributed by atoms with E-state index in [-0.39, 0.29) is 15.8 Å². The van der Waals surface area contributed by atoms with E-state index < -0.39 is 22.0 Å². The molecule has 1 unspecified atom stereocenters. The first kappa shape index (κ1) is 17.7. The van der Waals surface area contributed by atoms with E-state index in [1.807, 2.05) is 6.92 Å². The van der Waals surface area contributed by atoms with Gasteiger partial charge in [-0.15, -0.1) is 0 Å². The normalized spacial score (nSPS) is 13.2. The third-order valence-corrected chi connectivity index (χ3v) is 4.42. The zero-order valence-corrected chi connectivity index (χ0v) is 13.6. The minimum atomic E-state index is -3.93. The maximum absolute atomic E-state index is 12.2. The molecule has 0 aliphatic rings. The van der Waals surface area contributed by atoms with Crippen LogP contribution in [0.1, 0.15) is 20.8 Å². The van der Waals surface area contributed by atoms with E-state index in [1.54, 1.807) is 13.8 Å². The van der Waals surface area contributed by atoms with Crippen molar-refractivity contribution in [1.29, 1.82) is 0 Å². The Kier molecular flexibility index (Phi) is 5.94. The quantitative estimate of drug-likeness (QED) is 0.687.